The van der Waals surface area contributed by atoms with Crippen LogP contribution in [0, 0.1) is 0 Å². The molecule has 3 heterocycles. The predicted octanol–water partition coefficient (Wildman–Crippen LogP) is 2.43. The molecule has 1 amide bonds. The Kier molecular flexibility index (Phi) is 4.48. The average Bonchev–Trinajstić information content (AvgIpc) is 3.37. The number of hydrazine groups is 1. The third kappa shape index (κ3) is 3.11. The highest BCUT2D eigenvalue weighted by molar-refractivity contribution is 5.82. The molecule has 136 valence electrons. The molecular weight excluding hydrogens is 330 g/mol. The second-order valence-corrected chi connectivity index (χ2v) is 6.84. The smallest absolute Gasteiger partial charge is 0.238 e. The number of carbonyl (C=O) groups is 1. The van der Waals surface area contributed by atoms with Crippen molar-refractivity contribution in [2.45, 2.75) is 44.9 Å². The molecule has 1 fully saturated rings. The van der Waals surface area contributed by atoms with Gasteiger partial charge in [-0.2, -0.15) is 0 Å². The molecule has 7 nitrogen and oxygen atoms in total. The predicted molar refractivity (Wildman–Crippen MR) is 98.1 cm³/mol. The van der Waals surface area contributed by atoms with Crippen LogP contribution in [-0.4, -0.2) is 21.5 Å². The van der Waals surface area contributed by atoms with Crippen LogP contribution in [0.4, 0.5) is 0 Å². The van der Waals surface area contributed by atoms with Crippen LogP contribution in [0.1, 0.15) is 43.9 Å². The van der Waals surface area contributed by atoms with E-state index in [9.17, 15) is 4.79 Å². The fraction of sp³-hybridized carbons (Fsp3) is 0.368. The molecule has 3 aromatic rings. The van der Waals surface area contributed by atoms with Crippen LogP contribution < -0.4 is 16.2 Å². The first kappa shape index (κ1) is 16.8. The van der Waals surface area contributed by atoms with Crippen molar-refractivity contribution in [2.24, 2.45) is 0 Å². The van der Waals surface area contributed by atoms with Crippen molar-refractivity contribution >= 4 is 16.9 Å². The molecule has 1 aromatic carbocycles. The number of aromatic nitrogens is 2. The number of fused-ring (bicyclic) bond motifs is 1. The zero-order valence-electron chi connectivity index (χ0n) is 14.9. The summed E-state index contributed by atoms with van der Waals surface area (Å²) in [6.45, 7) is 4.64. The van der Waals surface area contributed by atoms with Gasteiger partial charge in [-0.15, -0.1) is 0 Å². The monoisotopic (exact) mass is 353 g/mol. The Bertz CT molecular complexity index is 900. The van der Waals surface area contributed by atoms with Crippen LogP contribution in [-0.2, 0) is 11.3 Å². The molecule has 0 spiro atoms. The van der Waals surface area contributed by atoms with Crippen molar-refractivity contribution in [1.82, 2.24) is 25.7 Å². The van der Waals surface area contributed by atoms with Gasteiger partial charge in [-0.05, 0) is 44.5 Å². The average molecular weight is 353 g/mol. The first-order chi connectivity index (χ1) is 12.6. The molecule has 3 N–H and O–H groups in total. The van der Waals surface area contributed by atoms with E-state index in [2.05, 4.69) is 45.6 Å². The number of nitrogens with one attached hydrogen (secondary N) is 3. The molecule has 2 unspecified atom stereocenters. The number of imidazole rings is 1. The SMILES string of the molecule is CC(C)n1c(CNC(=O)C2CC(c3ccco3)NN2)nc2ccccc21. The van der Waals surface area contributed by atoms with Gasteiger partial charge >= 0.3 is 0 Å². The van der Waals surface area contributed by atoms with E-state index in [0.29, 0.717) is 13.0 Å². The third-order valence-electron chi connectivity index (χ3n) is 4.71. The molecule has 0 radical (unpaired) electrons. The zero-order chi connectivity index (χ0) is 18.1. The van der Waals surface area contributed by atoms with Gasteiger partial charge in [-0.3, -0.25) is 4.79 Å². The zero-order valence-corrected chi connectivity index (χ0v) is 14.9. The van der Waals surface area contributed by atoms with E-state index in [4.69, 9.17) is 4.42 Å². The summed E-state index contributed by atoms with van der Waals surface area (Å²) in [6.07, 6.45) is 2.28. The second-order valence-electron chi connectivity index (χ2n) is 6.84. The number of benzene rings is 1. The Labute approximate surface area is 151 Å². The van der Waals surface area contributed by atoms with Crippen LogP contribution in [0.15, 0.2) is 47.1 Å². The Morgan fingerprint density at radius 2 is 2.15 bits per heavy atom. The molecule has 1 saturated heterocycles. The number of hydrogen-bond donors (Lipinski definition) is 3. The van der Waals surface area contributed by atoms with Gasteiger partial charge in [0.25, 0.3) is 0 Å². The molecule has 0 aliphatic carbocycles. The lowest BCUT2D eigenvalue weighted by Crippen LogP contribution is -2.43. The van der Waals surface area contributed by atoms with E-state index in [1.807, 2.05) is 30.3 Å². The van der Waals surface area contributed by atoms with Crippen LogP contribution in [0.5, 0.6) is 0 Å². The molecule has 2 aromatic heterocycles. The maximum Gasteiger partial charge on any atom is 0.238 e. The van der Waals surface area contributed by atoms with E-state index >= 15 is 0 Å². The van der Waals surface area contributed by atoms with Crippen LogP contribution in [0.3, 0.4) is 0 Å². The molecule has 0 saturated carbocycles. The van der Waals surface area contributed by atoms with Crippen molar-refractivity contribution in [3.05, 3.63) is 54.2 Å². The second kappa shape index (κ2) is 6.93. The minimum Gasteiger partial charge on any atom is -0.468 e. The lowest BCUT2D eigenvalue weighted by atomic mass is 10.1. The normalized spacial score (nSPS) is 20.1. The van der Waals surface area contributed by atoms with E-state index in [-0.39, 0.29) is 24.0 Å². The summed E-state index contributed by atoms with van der Waals surface area (Å²) in [6, 6.07) is 11.8. The molecular formula is C19H23N5O2. The fourth-order valence-corrected chi connectivity index (χ4v) is 3.49. The van der Waals surface area contributed by atoms with Gasteiger partial charge in [-0.25, -0.2) is 15.8 Å². The van der Waals surface area contributed by atoms with E-state index in [1.165, 1.54) is 0 Å². The molecule has 4 rings (SSSR count). The van der Waals surface area contributed by atoms with Gasteiger partial charge in [-0.1, -0.05) is 12.1 Å². The van der Waals surface area contributed by atoms with Gasteiger partial charge in [0.1, 0.15) is 17.6 Å². The summed E-state index contributed by atoms with van der Waals surface area (Å²) in [7, 11) is 0. The van der Waals surface area contributed by atoms with E-state index in [1.54, 1.807) is 6.26 Å². The number of carbonyl (C=O) groups excluding carboxylic acids is 1. The van der Waals surface area contributed by atoms with Crippen molar-refractivity contribution in [3.8, 4) is 0 Å². The molecule has 1 aliphatic heterocycles. The summed E-state index contributed by atoms with van der Waals surface area (Å²) in [4.78, 5) is 17.2. The number of furan rings is 1. The fourth-order valence-electron chi connectivity index (χ4n) is 3.49. The molecule has 1 aliphatic rings. The van der Waals surface area contributed by atoms with Gasteiger partial charge < -0.3 is 14.3 Å². The first-order valence-electron chi connectivity index (χ1n) is 8.91. The number of para-hydroxylation sites is 2. The van der Waals surface area contributed by atoms with Crippen molar-refractivity contribution in [1.29, 1.82) is 0 Å². The maximum absolute atomic E-state index is 12.5. The van der Waals surface area contributed by atoms with Crippen LogP contribution in [0.2, 0.25) is 0 Å². The maximum atomic E-state index is 12.5. The molecule has 7 heteroatoms. The minimum absolute atomic E-state index is 0.000915. The van der Waals surface area contributed by atoms with Gasteiger partial charge in [0.15, 0.2) is 0 Å². The number of rotatable bonds is 5. The summed E-state index contributed by atoms with van der Waals surface area (Å²) < 4.78 is 7.57. The quantitative estimate of drug-likeness (QED) is 0.656. The van der Waals surface area contributed by atoms with Gasteiger partial charge in [0.2, 0.25) is 5.91 Å². The lowest BCUT2D eigenvalue weighted by molar-refractivity contribution is -0.123. The number of amides is 1. The summed E-state index contributed by atoms with van der Waals surface area (Å²) in [5, 5.41) is 3.01. The number of hydrogen-bond acceptors (Lipinski definition) is 5. The van der Waals surface area contributed by atoms with Gasteiger partial charge in [0, 0.05) is 6.04 Å². The molecule has 0 bridgehead atoms. The standard InChI is InChI=1S/C19H23N5O2/c1-12(2)24-16-7-4-3-6-13(16)21-18(24)11-20-19(25)15-10-14(22-23-15)17-8-5-9-26-17/h3-9,12,14-15,22-23H,10-11H2,1-2H3,(H,20,25). The topological polar surface area (TPSA) is 84.1 Å². The summed E-state index contributed by atoms with van der Waals surface area (Å²) in [5.41, 5.74) is 8.20. The highest BCUT2D eigenvalue weighted by Crippen LogP contribution is 2.23. The van der Waals surface area contributed by atoms with Crippen molar-refractivity contribution in [3.63, 3.8) is 0 Å². The number of nitrogens with zero attached hydrogens (tertiary/aromatic N) is 2. The highest BCUT2D eigenvalue weighted by Gasteiger charge is 2.31. The minimum atomic E-state index is -0.304. The third-order valence-corrected chi connectivity index (χ3v) is 4.71. The molecule has 26 heavy (non-hydrogen) atoms. The van der Waals surface area contributed by atoms with Crippen molar-refractivity contribution < 1.29 is 9.21 Å². The Hall–Kier alpha value is -2.64. The largest absolute Gasteiger partial charge is 0.468 e. The van der Waals surface area contributed by atoms with E-state index in [0.717, 1.165) is 22.6 Å². The Morgan fingerprint density at radius 3 is 2.92 bits per heavy atom. The Morgan fingerprint density at radius 1 is 1.31 bits per heavy atom. The van der Waals surface area contributed by atoms with E-state index < -0.39 is 0 Å². The van der Waals surface area contributed by atoms with Crippen molar-refractivity contribution in [2.75, 3.05) is 0 Å². The van der Waals surface area contributed by atoms with Gasteiger partial charge in [0.05, 0.1) is 29.9 Å². The Balaban J connectivity index is 1.44. The summed E-state index contributed by atoms with van der Waals surface area (Å²) in [5.74, 6) is 1.64. The highest BCUT2D eigenvalue weighted by atomic mass is 16.3. The van der Waals surface area contributed by atoms with Crippen LogP contribution in [0.25, 0.3) is 11.0 Å². The lowest BCUT2D eigenvalue weighted by Gasteiger charge is -2.15. The first-order valence-corrected chi connectivity index (χ1v) is 8.91. The molecule has 2 atom stereocenters. The summed E-state index contributed by atoms with van der Waals surface area (Å²) >= 11 is 0. The van der Waals surface area contributed by atoms with Crippen LogP contribution >= 0.6 is 0 Å².